The van der Waals surface area contributed by atoms with Gasteiger partial charge in [-0.2, -0.15) is 13.2 Å². The molecular weight excluding hydrogens is 269 g/mol. The summed E-state index contributed by atoms with van der Waals surface area (Å²) in [6.45, 7) is 3.62. The van der Waals surface area contributed by atoms with Crippen molar-refractivity contribution in [3.8, 4) is 0 Å². The minimum atomic E-state index is -4.30. The van der Waals surface area contributed by atoms with Gasteiger partial charge in [0.05, 0.1) is 6.42 Å². The third-order valence-corrected chi connectivity index (χ3v) is 2.60. The Bertz CT molecular complexity index is 433. The number of amides is 1. The Hall–Kier alpha value is -1.56. The summed E-state index contributed by atoms with van der Waals surface area (Å²) in [5.74, 6) is -0.624. The molecule has 20 heavy (non-hydrogen) atoms. The van der Waals surface area contributed by atoms with Gasteiger partial charge in [-0.25, -0.2) is 0 Å². The van der Waals surface area contributed by atoms with Crippen LogP contribution in [0.5, 0.6) is 0 Å². The molecule has 0 radical (unpaired) electrons. The molecule has 6 heteroatoms. The minimum absolute atomic E-state index is 0.521. The second-order valence-corrected chi connectivity index (χ2v) is 4.54. The van der Waals surface area contributed by atoms with Gasteiger partial charge in [-0.05, 0) is 30.7 Å². The highest BCUT2D eigenvalue weighted by Gasteiger charge is 2.27. The Balaban J connectivity index is 2.46. The smallest absolute Gasteiger partial charge is 0.326 e. The molecule has 1 rings (SSSR count). The van der Waals surface area contributed by atoms with E-state index in [0.717, 1.165) is 18.5 Å². The molecule has 0 atom stereocenters. The summed E-state index contributed by atoms with van der Waals surface area (Å²) in [7, 11) is 0. The lowest BCUT2D eigenvalue weighted by molar-refractivity contribution is -0.142. The maximum atomic E-state index is 12.0. The van der Waals surface area contributed by atoms with Crippen LogP contribution < -0.4 is 10.6 Å². The first-order chi connectivity index (χ1) is 9.40. The normalized spacial score (nSPS) is 11.4. The predicted octanol–water partition coefficient (Wildman–Crippen LogP) is 3.47. The predicted molar refractivity (Wildman–Crippen MR) is 72.4 cm³/mol. The molecule has 0 fully saturated rings. The van der Waals surface area contributed by atoms with Crippen LogP contribution in [0.3, 0.4) is 0 Å². The van der Waals surface area contributed by atoms with Crippen molar-refractivity contribution in [3.05, 3.63) is 29.8 Å². The standard InChI is InChI=1S/C14H19F3N2O/c1-2-8-18-10-11-4-3-5-12(9-11)19-13(20)6-7-14(15,16)17/h3-5,9,18H,2,6-8,10H2,1H3,(H,19,20). The Morgan fingerprint density at radius 1 is 1.30 bits per heavy atom. The number of halogens is 3. The number of hydrogen-bond acceptors (Lipinski definition) is 2. The first kappa shape index (κ1) is 16.5. The van der Waals surface area contributed by atoms with E-state index in [0.29, 0.717) is 12.2 Å². The lowest BCUT2D eigenvalue weighted by atomic mass is 10.2. The summed E-state index contributed by atoms with van der Waals surface area (Å²) in [4.78, 5) is 11.4. The van der Waals surface area contributed by atoms with Gasteiger partial charge in [0.15, 0.2) is 0 Å². The zero-order valence-electron chi connectivity index (χ0n) is 11.4. The van der Waals surface area contributed by atoms with E-state index in [9.17, 15) is 18.0 Å². The highest BCUT2D eigenvalue weighted by atomic mass is 19.4. The van der Waals surface area contributed by atoms with Crippen LogP contribution in [-0.4, -0.2) is 18.6 Å². The van der Waals surface area contributed by atoms with Crippen molar-refractivity contribution in [3.63, 3.8) is 0 Å². The number of carbonyl (C=O) groups is 1. The highest BCUT2D eigenvalue weighted by molar-refractivity contribution is 5.90. The van der Waals surface area contributed by atoms with Crippen LogP contribution in [0, 0.1) is 0 Å². The van der Waals surface area contributed by atoms with E-state index in [1.54, 1.807) is 18.2 Å². The number of benzene rings is 1. The summed E-state index contributed by atoms with van der Waals surface area (Å²) in [6, 6.07) is 7.08. The zero-order chi connectivity index (χ0) is 15.0. The molecule has 3 nitrogen and oxygen atoms in total. The zero-order valence-corrected chi connectivity index (χ0v) is 11.4. The van der Waals surface area contributed by atoms with Crippen LogP contribution in [0.4, 0.5) is 18.9 Å². The average Bonchev–Trinajstić information content (AvgIpc) is 2.36. The molecule has 0 aliphatic rings. The van der Waals surface area contributed by atoms with E-state index < -0.39 is 24.9 Å². The van der Waals surface area contributed by atoms with Crippen molar-refractivity contribution >= 4 is 11.6 Å². The second kappa shape index (κ2) is 7.89. The monoisotopic (exact) mass is 288 g/mol. The van der Waals surface area contributed by atoms with E-state index in [1.807, 2.05) is 6.07 Å². The third-order valence-electron chi connectivity index (χ3n) is 2.60. The van der Waals surface area contributed by atoms with Crippen molar-refractivity contribution in [2.75, 3.05) is 11.9 Å². The maximum absolute atomic E-state index is 12.0. The molecular formula is C14H19F3N2O. The number of alkyl halides is 3. The van der Waals surface area contributed by atoms with Gasteiger partial charge in [0, 0.05) is 18.7 Å². The molecule has 0 aliphatic heterocycles. The Morgan fingerprint density at radius 2 is 2.05 bits per heavy atom. The molecule has 1 aromatic rings. The molecule has 112 valence electrons. The van der Waals surface area contributed by atoms with Crippen LogP contribution in [0.15, 0.2) is 24.3 Å². The second-order valence-electron chi connectivity index (χ2n) is 4.54. The molecule has 0 aliphatic carbocycles. The van der Waals surface area contributed by atoms with Crippen molar-refractivity contribution in [1.29, 1.82) is 0 Å². The Kier molecular flexibility index (Phi) is 6.51. The lowest BCUT2D eigenvalue weighted by Crippen LogP contribution is -2.17. The molecule has 0 bridgehead atoms. The summed E-state index contributed by atoms with van der Waals surface area (Å²) < 4.78 is 36.0. The van der Waals surface area contributed by atoms with E-state index in [2.05, 4.69) is 17.6 Å². The Morgan fingerprint density at radius 3 is 2.70 bits per heavy atom. The average molecular weight is 288 g/mol. The fraction of sp³-hybridized carbons (Fsp3) is 0.500. The minimum Gasteiger partial charge on any atom is -0.326 e. The summed E-state index contributed by atoms with van der Waals surface area (Å²) in [6.07, 6.45) is -4.93. The molecule has 0 saturated carbocycles. The number of rotatable bonds is 7. The van der Waals surface area contributed by atoms with Crippen molar-refractivity contribution in [2.24, 2.45) is 0 Å². The summed E-state index contributed by atoms with van der Waals surface area (Å²) >= 11 is 0. The third kappa shape index (κ3) is 7.13. The van der Waals surface area contributed by atoms with Gasteiger partial charge in [-0.3, -0.25) is 4.79 Å². The van der Waals surface area contributed by atoms with Gasteiger partial charge < -0.3 is 10.6 Å². The molecule has 1 aromatic carbocycles. The molecule has 0 heterocycles. The molecule has 0 unspecified atom stereocenters. The summed E-state index contributed by atoms with van der Waals surface area (Å²) in [5.41, 5.74) is 1.50. The number of carbonyl (C=O) groups excluding carboxylic acids is 1. The quantitative estimate of drug-likeness (QED) is 0.754. The van der Waals surface area contributed by atoms with Gasteiger partial charge in [-0.1, -0.05) is 19.1 Å². The topological polar surface area (TPSA) is 41.1 Å². The van der Waals surface area contributed by atoms with Crippen molar-refractivity contribution in [2.45, 2.75) is 38.9 Å². The fourth-order valence-corrected chi connectivity index (χ4v) is 1.65. The number of nitrogens with one attached hydrogen (secondary N) is 2. The molecule has 0 aromatic heterocycles. The van der Waals surface area contributed by atoms with Crippen LogP contribution in [0.1, 0.15) is 31.7 Å². The van der Waals surface area contributed by atoms with Gasteiger partial charge in [0.25, 0.3) is 0 Å². The SMILES string of the molecule is CCCNCc1cccc(NC(=O)CCC(F)(F)F)c1. The highest BCUT2D eigenvalue weighted by Crippen LogP contribution is 2.21. The van der Waals surface area contributed by atoms with Crippen LogP contribution in [0.2, 0.25) is 0 Å². The molecule has 0 spiro atoms. The first-order valence-corrected chi connectivity index (χ1v) is 6.57. The van der Waals surface area contributed by atoms with Gasteiger partial charge >= 0.3 is 6.18 Å². The largest absolute Gasteiger partial charge is 0.389 e. The van der Waals surface area contributed by atoms with E-state index in [-0.39, 0.29) is 0 Å². The van der Waals surface area contributed by atoms with E-state index in [1.165, 1.54) is 0 Å². The first-order valence-electron chi connectivity index (χ1n) is 6.57. The number of anilines is 1. The van der Waals surface area contributed by atoms with Gasteiger partial charge in [-0.15, -0.1) is 0 Å². The Labute approximate surface area is 116 Å². The van der Waals surface area contributed by atoms with Gasteiger partial charge in [0.2, 0.25) is 5.91 Å². The van der Waals surface area contributed by atoms with Crippen LogP contribution in [-0.2, 0) is 11.3 Å². The molecule has 1 amide bonds. The fourth-order valence-electron chi connectivity index (χ4n) is 1.65. The molecule has 0 saturated heterocycles. The van der Waals surface area contributed by atoms with Crippen molar-refractivity contribution in [1.82, 2.24) is 5.32 Å². The van der Waals surface area contributed by atoms with Crippen LogP contribution in [0.25, 0.3) is 0 Å². The van der Waals surface area contributed by atoms with Gasteiger partial charge in [0.1, 0.15) is 0 Å². The van der Waals surface area contributed by atoms with Crippen LogP contribution >= 0.6 is 0 Å². The maximum Gasteiger partial charge on any atom is 0.389 e. The summed E-state index contributed by atoms with van der Waals surface area (Å²) in [5, 5.41) is 5.69. The van der Waals surface area contributed by atoms with Crippen molar-refractivity contribution < 1.29 is 18.0 Å². The van der Waals surface area contributed by atoms with E-state index >= 15 is 0 Å². The lowest BCUT2D eigenvalue weighted by Gasteiger charge is -2.09. The van der Waals surface area contributed by atoms with E-state index in [4.69, 9.17) is 0 Å². The number of hydrogen-bond donors (Lipinski definition) is 2. The molecule has 2 N–H and O–H groups in total.